The summed E-state index contributed by atoms with van der Waals surface area (Å²) in [5.41, 5.74) is 6.89. The first-order valence-corrected chi connectivity index (χ1v) is 6.80. The smallest absolute Gasteiger partial charge is 0.253 e. The van der Waals surface area contributed by atoms with Gasteiger partial charge >= 0.3 is 0 Å². The molecule has 2 rings (SSSR count). The molecule has 98 valence electrons. The predicted octanol–water partition coefficient (Wildman–Crippen LogP) is 1.92. The molecular formula is C13H17BrN2O2. The van der Waals surface area contributed by atoms with Crippen molar-refractivity contribution in [1.82, 2.24) is 5.32 Å². The molecule has 1 aliphatic rings. The Labute approximate surface area is 115 Å². The number of aliphatic hydroxyl groups excluding tert-OH is 1. The highest BCUT2D eigenvalue weighted by molar-refractivity contribution is 9.10. The molecule has 0 heterocycles. The third-order valence-corrected chi connectivity index (χ3v) is 3.97. The Bertz CT molecular complexity index is 458. The van der Waals surface area contributed by atoms with Gasteiger partial charge in [0.15, 0.2) is 0 Å². The molecular weight excluding hydrogens is 296 g/mol. The molecule has 0 atom stereocenters. The van der Waals surface area contributed by atoms with Gasteiger partial charge in [0.2, 0.25) is 0 Å². The highest BCUT2D eigenvalue weighted by Crippen LogP contribution is 2.47. The highest BCUT2D eigenvalue weighted by Gasteiger charge is 2.41. The summed E-state index contributed by atoms with van der Waals surface area (Å²) in [5.74, 6) is -0.149. The zero-order valence-electron chi connectivity index (χ0n) is 10.1. The molecule has 18 heavy (non-hydrogen) atoms. The Kier molecular flexibility index (Phi) is 3.92. The van der Waals surface area contributed by atoms with E-state index in [-0.39, 0.29) is 17.9 Å². The van der Waals surface area contributed by atoms with Gasteiger partial charge in [-0.1, -0.05) is 15.9 Å². The van der Waals surface area contributed by atoms with Crippen LogP contribution in [0.3, 0.4) is 0 Å². The summed E-state index contributed by atoms with van der Waals surface area (Å²) in [5, 5.41) is 11.9. The molecule has 4 N–H and O–H groups in total. The summed E-state index contributed by atoms with van der Waals surface area (Å²) in [6.07, 6.45) is 2.90. The van der Waals surface area contributed by atoms with Gasteiger partial charge in [-0.3, -0.25) is 4.79 Å². The van der Waals surface area contributed by atoms with E-state index in [1.54, 1.807) is 18.2 Å². The molecule has 0 saturated heterocycles. The van der Waals surface area contributed by atoms with Crippen LogP contribution in [-0.4, -0.2) is 24.2 Å². The normalized spacial score (nSPS) is 16.3. The van der Waals surface area contributed by atoms with E-state index in [0.29, 0.717) is 17.8 Å². The zero-order valence-corrected chi connectivity index (χ0v) is 11.7. The van der Waals surface area contributed by atoms with Crippen LogP contribution >= 0.6 is 15.9 Å². The van der Waals surface area contributed by atoms with E-state index in [9.17, 15) is 4.79 Å². The van der Waals surface area contributed by atoms with Crippen molar-refractivity contribution in [2.75, 3.05) is 18.9 Å². The van der Waals surface area contributed by atoms with Gasteiger partial charge in [-0.05, 0) is 42.9 Å². The number of amides is 1. The van der Waals surface area contributed by atoms with E-state index >= 15 is 0 Å². The molecule has 5 heteroatoms. The second kappa shape index (κ2) is 5.28. The van der Waals surface area contributed by atoms with Crippen molar-refractivity contribution in [3.63, 3.8) is 0 Å². The Morgan fingerprint density at radius 1 is 1.50 bits per heavy atom. The summed E-state index contributed by atoms with van der Waals surface area (Å²) < 4.78 is 0.857. The standard InChI is InChI=1S/C13H17BrN2O2/c14-9-1-2-10(11(15)7-9)12(18)16-8-13(3-4-13)5-6-17/h1-2,7,17H,3-6,8,15H2,(H,16,18). The number of rotatable bonds is 5. The van der Waals surface area contributed by atoms with Gasteiger partial charge in [-0.15, -0.1) is 0 Å². The number of hydrogen-bond acceptors (Lipinski definition) is 3. The van der Waals surface area contributed by atoms with Gasteiger partial charge < -0.3 is 16.2 Å². The van der Waals surface area contributed by atoms with Crippen molar-refractivity contribution in [3.05, 3.63) is 28.2 Å². The molecule has 1 aliphatic carbocycles. The number of anilines is 1. The average molecular weight is 313 g/mol. The number of carbonyl (C=O) groups is 1. The van der Waals surface area contributed by atoms with Crippen LogP contribution in [0.5, 0.6) is 0 Å². The van der Waals surface area contributed by atoms with Crippen molar-refractivity contribution < 1.29 is 9.90 Å². The number of nitrogens with two attached hydrogens (primary N) is 1. The third kappa shape index (κ3) is 3.03. The lowest BCUT2D eigenvalue weighted by atomic mass is 10.0. The molecule has 1 fully saturated rings. The minimum atomic E-state index is -0.149. The van der Waals surface area contributed by atoms with Gasteiger partial charge in [0, 0.05) is 23.3 Å². The highest BCUT2D eigenvalue weighted by atomic mass is 79.9. The second-order valence-corrected chi connectivity index (χ2v) is 5.80. The number of nitrogen functional groups attached to an aromatic ring is 1. The summed E-state index contributed by atoms with van der Waals surface area (Å²) >= 11 is 3.31. The first-order chi connectivity index (χ1) is 8.56. The molecule has 0 aromatic heterocycles. The van der Waals surface area contributed by atoms with E-state index in [4.69, 9.17) is 10.8 Å². The fourth-order valence-corrected chi connectivity index (χ4v) is 2.41. The van der Waals surface area contributed by atoms with Crippen LogP contribution in [0.4, 0.5) is 5.69 Å². The van der Waals surface area contributed by atoms with E-state index in [1.807, 2.05) is 0 Å². The topological polar surface area (TPSA) is 75.4 Å². The van der Waals surface area contributed by atoms with Crippen LogP contribution in [0.2, 0.25) is 0 Å². The number of carbonyl (C=O) groups excluding carboxylic acids is 1. The number of nitrogens with one attached hydrogen (secondary N) is 1. The fourth-order valence-electron chi connectivity index (χ4n) is 2.03. The minimum absolute atomic E-state index is 0.120. The minimum Gasteiger partial charge on any atom is -0.398 e. The molecule has 0 bridgehead atoms. The van der Waals surface area contributed by atoms with Gasteiger partial charge in [-0.25, -0.2) is 0 Å². The maximum Gasteiger partial charge on any atom is 0.253 e. The summed E-state index contributed by atoms with van der Waals surface area (Å²) in [6, 6.07) is 5.22. The van der Waals surface area contributed by atoms with E-state index in [2.05, 4.69) is 21.2 Å². The summed E-state index contributed by atoms with van der Waals surface area (Å²) in [6.45, 7) is 0.790. The Morgan fingerprint density at radius 2 is 2.22 bits per heavy atom. The van der Waals surface area contributed by atoms with Crippen LogP contribution < -0.4 is 11.1 Å². The van der Waals surface area contributed by atoms with Crippen molar-refractivity contribution in [1.29, 1.82) is 0 Å². The molecule has 1 aromatic carbocycles. The van der Waals surface area contributed by atoms with Gasteiger partial charge in [0.25, 0.3) is 5.91 Å². The van der Waals surface area contributed by atoms with Crippen LogP contribution in [0.15, 0.2) is 22.7 Å². The molecule has 0 aliphatic heterocycles. The van der Waals surface area contributed by atoms with Crippen molar-refractivity contribution >= 4 is 27.5 Å². The van der Waals surface area contributed by atoms with Gasteiger partial charge in [-0.2, -0.15) is 0 Å². The number of benzene rings is 1. The Hall–Kier alpha value is -1.07. The van der Waals surface area contributed by atoms with Crippen LogP contribution in [0.25, 0.3) is 0 Å². The quantitative estimate of drug-likeness (QED) is 0.727. The SMILES string of the molecule is Nc1cc(Br)ccc1C(=O)NCC1(CCO)CC1. The van der Waals surface area contributed by atoms with Gasteiger partial charge in [0.05, 0.1) is 5.56 Å². The first kappa shape index (κ1) is 13.4. The lowest BCUT2D eigenvalue weighted by Crippen LogP contribution is -2.31. The molecule has 4 nitrogen and oxygen atoms in total. The van der Waals surface area contributed by atoms with Crippen LogP contribution in [0, 0.1) is 5.41 Å². The van der Waals surface area contributed by atoms with Crippen LogP contribution in [-0.2, 0) is 0 Å². The lowest BCUT2D eigenvalue weighted by molar-refractivity contribution is 0.0941. The van der Waals surface area contributed by atoms with Crippen molar-refractivity contribution in [3.8, 4) is 0 Å². The number of halogens is 1. The monoisotopic (exact) mass is 312 g/mol. The fraction of sp³-hybridized carbons (Fsp3) is 0.462. The van der Waals surface area contributed by atoms with E-state index in [0.717, 1.165) is 23.7 Å². The number of aliphatic hydroxyl groups is 1. The molecule has 0 spiro atoms. The molecule has 1 aromatic rings. The molecule has 0 radical (unpaired) electrons. The summed E-state index contributed by atoms with van der Waals surface area (Å²) in [7, 11) is 0. The second-order valence-electron chi connectivity index (χ2n) is 4.89. The average Bonchev–Trinajstić information content (AvgIpc) is 3.07. The van der Waals surface area contributed by atoms with E-state index in [1.165, 1.54) is 0 Å². The maximum atomic E-state index is 12.0. The third-order valence-electron chi connectivity index (χ3n) is 3.48. The molecule has 1 saturated carbocycles. The zero-order chi connectivity index (χ0) is 13.2. The van der Waals surface area contributed by atoms with Gasteiger partial charge in [0.1, 0.15) is 0 Å². The van der Waals surface area contributed by atoms with Crippen LogP contribution in [0.1, 0.15) is 29.6 Å². The van der Waals surface area contributed by atoms with Crippen molar-refractivity contribution in [2.24, 2.45) is 5.41 Å². The largest absolute Gasteiger partial charge is 0.398 e. The number of hydrogen-bond donors (Lipinski definition) is 3. The molecule has 1 amide bonds. The van der Waals surface area contributed by atoms with E-state index < -0.39 is 0 Å². The molecule has 0 unspecified atom stereocenters. The summed E-state index contributed by atoms with van der Waals surface area (Å²) in [4.78, 5) is 12.0. The maximum absolute atomic E-state index is 12.0. The Balaban J connectivity index is 1.96. The first-order valence-electron chi connectivity index (χ1n) is 6.00. The van der Waals surface area contributed by atoms with Crippen molar-refractivity contribution in [2.45, 2.75) is 19.3 Å². The predicted molar refractivity (Wildman–Crippen MR) is 74.3 cm³/mol. The Morgan fingerprint density at radius 3 is 2.78 bits per heavy atom. The lowest BCUT2D eigenvalue weighted by Gasteiger charge is -2.15.